The Bertz CT molecular complexity index is 461. The third-order valence-electron chi connectivity index (χ3n) is 3.67. The van der Waals surface area contributed by atoms with Crippen molar-refractivity contribution in [2.45, 2.75) is 25.2 Å². The summed E-state index contributed by atoms with van der Waals surface area (Å²) in [5, 5.41) is 0. The molecule has 2 N–H and O–H groups in total. The van der Waals surface area contributed by atoms with Gasteiger partial charge in [-0.25, -0.2) is 0 Å². The van der Waals surface area contributed by atoms with Gasteiger partial charge in [0.1, 0.15) is 0 Å². The van der Waals surface area contributed by atoms with Gasteiger partial charge in [-0.05, 0) is 44.4 Å². The van der Waals surface area contributed by atoms with Crippen LogP contribution in [0.2, 0.25) is 0 Å². The minimum Gasteiger partial charge on any atom is -0.342 e. The largest absolute Gasteiger partial charge is 0.342 e. The molecule has 1 atom stereocenters. The maximum absolute atomic E-state index is 12.1. The Morgan fingerprint density at radius 2 is 2.26 bits per heavy atom. The molecule has 1 amide bonds. The van der Waals surface area contributed by atoms with E-state index in [1.54, 1.807) is 11.8 Å². The highest BCUT2D eigenvalue weighted by Crippen LogP contribution is 2.25. The first-order valence-corrected chi connectivity index (χ1v) is 7.76. The summed E-state index contributed by atoms with van der Waals surface area (Å²) in [6, 6.07) is 6.37. The van der Waals surface area contributed by atoms with Gasteiger partial charge in [0.15, 0.2) is 0 Å². The first-order valence-electron chi connectivity index (χ1n) is 6.78. The molecule has 104 valence electrons. The van der Waals surface area contributed by atoms with Crippen LogP contribution < -0.4 is 5.73 Å². The zero-order valence-electron chi connectivity index (χ0n) is 11.7. The van der Waals surface area contributed by atoms with E-state index in [9.17, 15) is 4.79 Å². The number of thioether (sulfide) groups is 1. The van der Waals surface area contributed by atoms with Gasteiger partial charge in [-0.1, -0.05) is 17.7 Å². The van der Waals surface area contributed by atoms with Crippen molar-refractivity contribution >= 4 is 17.7 Å². The number of carbonyl (C=O) groups is 1. The average Bonchev–Trinajstić information content (AvgIpc) is 2.88. The van der Waals surface area contributed by atoms with E-state index >= 15 is 0 Å². The number of nitrogens with zero attached hydrogens (tertiary/aromatic N) is 1. The lowest BCUT2D eigenvalue weighted by molar-refractivity contribution is -0.127. The quantitative estimate of drug-likeness (QED) is 0.859. The first kappa shape index (κ1) is 14.4. The molecule has 1 saturated heterocycles. The van der Waals surface area contributed by atoms with Crippen LogP contribution in [0.15, 0.2) is 23.1 Å². The molecule has 1 fully saturated rings. The van der Waals surface area contributed by atoms with E-state index in [0.717, 1.165) is 19.5 Å². The summed E-state index contributed by atoms with van der Waals surface area (Å²) in [7, 11) is 0. The number of aryl methyl sites for hydroxylation is 2. The predicted octanol–water partition coefficient (Wildman–Crippen LogP) is 2.20. The topological polar surface area (TPSA) is 46.3 Å². The van der Waals surface area contributed by atoms with E-state index in [4.69, 9.17) is 5.73 Å². The fourth-order valence-corrected chi connectivity index (χ4v) is 3.37. The third kappa shape index (κ3) is 3.74. The zero-order valence-corrected chi connectivity index (χ0v) is 12.5. The van der Waals surface area contributed by atoms with E-state index in [2.05, 4.69) is 32.0 Å². The molecule has 0 saturated carbocycles. The lowest BCUT2D eigenvalue weighted by atomic mass is 10.1. The van der Waals surface area contributed by atoms with Gasteiger partial charge in [-0.3, -0.25) is 4.79 Å². The molecule has 1 unspecified atom stereocenters. The molecule has 2 rings (SSSR count). The number of hydrogen-bond donors (Lipinski definition) is 1. The number of benzene rings is 1. The smallest absolute Gasteiger partial charge is 0.232 e. The van der Waals surface area contributed by atoms with Crippen molar-refractivity contribution in [3.63, 3.8) is 0 Å². The second-order valence-electron chi connectivity index (χ2n) is 5.29. The Balaban J connectivity index is 1.88. The van der Waals surface area contributed by atoms with E-state index < -0.39 is 0 Å². The van der Waals surface area contributed by atoms with Gasteiger partial charge in [-0.2, -0.15) is 0 Å². The summed E-state index contributed by atoms with van der Waals surface area (Å²) in [6.45, 7) is 6.56. The highest BCUT2D eigenvalue weighted by atomic mass is 32.2. The van der Waals surface area contributed by atoms with Crippen molar-refractivity contribution < 1.29 is 4.79 Å². The van der Waals surface area contributed by atoms with Crippen LogP contribution in [0.3, 0.4) is 0 Å². The van der Waals surface area contributed by atoms with Gasteiger partial charge >= 0.3 is 0 Å². The lowest BCUT2D eigenvalue weighted by Crippen LogP contribution is -2.31. The van der Waals surface area contributed by atoms with E-state index in [-0.39, 0.29) is 5.91 Å². The Hall–Kier alpha value is -1.00. The average molecular weight is 278 g/mol. The summed E-state index contributed by atoms with van der Waals surface area (Å²) in [4.78, 5) is 15.3. The first-order chi connectivity index (χ1) is 9.10. The van der Waals surface area contributed by atoms with Gasteiger partial charge in [0.2, 0.25) is 5.91 Å². The van der Waals surface area contributed by atoms with Crippen LogP contribution in [0.25, 0.3) is 0 Å². The van der Waals surface area contributed by atoms with Crippen molar-refractivity contribution in [3.05, 3.63) is 29.3 Å². The van der Waals surface area contributed by atoms with Crippen LogP contribution in [0, 0.1) is 19.8 Å². The summed E-state index contributed by atoms with van der Waals surface area (Å²) in [6.07, 6.45) is 1.05. The molecule has 1 aromatic rings. The monoisotopic (exact) mass is 278 g/mol. The highest BCUT2D eigenvalue weighted by molar-refractivity contribution is 8.00. The molecule has 0 aromatic heterocycles. The summed E-state index contributed by atoms with van der Waals surface area (Å²) in [5.74, 6) is 1.26. The minimum atomic E-state index is 0.238. The van der Waals surface area contributed by atoms with Crippen molar-refractivity contribution in [3.8, 4) is 0 Å². The molecule has 19 heavy (non-hydrogen) atoms. The molecule has 0 spiro atoms. The molecule has 1 aromatic carbocycles. The second-order valence-corrected chi connectivity index (χ2v) is 6.30. The summed E-state index contributed by atoms with van der Waals surface area (Å²) >= 11 is 1.64. The fraction of sp³-hybridized carbons (Fsp3) is 0.533. The molecule has 4 heteroatoms. The number of rotatable bonds is 4. The number of likely N-dealkylation sites (tertiary alicyclic amines) is 1. The molecule has 1 heterocycles. The van der Waals surface area contributed by atoms with Gasteiger partial charge in [0, 0.05) is 18.0 Å². The maximum Gasteiger partial charge on any atom is 0.232 e. The van der Waals surface area contributed by atoms with Crippen LogP contribution in [0.5, 0.6) is 0 Å². The Labute approximate surface area is 119 Å². The van der Waals surface area contributed by atoms with Crippen molar-refractivity contribution in [1.29, 1.82) is 0 Å². The highest BCUT2D eigenvalue weighted by Gasteiger charge is 2.24. The van der Waals surface area contributed by atoms with Gasteiger partial charge in [0.05, 0.1) is 5.75 Å². The van der Waals surface area contributed by atoms with E-state index in [1.165, 1.54) is 16.0 Å². The second kappa shape index (κ2) is 6.44. The summed E-state index contributed by atoms with van der Waals surface area (Å²) < 4.78 is 0. The predicted molar refractivity (Wildman–Crippen MR) is 80.4 cm³/mol. The normalized spacial score (nSPS) is 18.9. The van der Waals surface area contributed by atoms with Gasteiger partial charge < -0.3 is 10.6 Å². The minimum absolute atomic E-state index is 0.238. The summed E-state index contributed by atoms with van der Waals surface area (Å²) in [5.41, 5.74) is 8.14. The molecule has 0 bridgehead atoms. The number of carbonyl (C=O) groups excluding carboxylic acids is 1. The Kier molecular flexibility index (Phi) is 4.88. The lowest BCUT2D eigenvalue weighted by Gasteiger charge is -2.16. The van der Waals surface area contributed by atoms with Crippen LogP contribution in [-0.2, 0) is 4.79 Å². The van der Waals surface area contributed by atoms with Crippen molar-refractivity contribution in [2.24, 2.45) is 11.7 Å². The molecular weight excluding hydrogens is 256 g/mol. The van der Waals surface area contributed by atoms with Gasteiger partial charge in [0.25, 0.3) is 0 Å². The fourth-order valence-electron chi connectivity index (χ4n) is 2.35. The Morgan fingerprint density at radius 3 is 2.95 bits per heavy atom. The number of amides is 1. The third-order valence-corrected chi connectivity index (χ3v) is 4.81. The molecule has 1 aliphatic heterocycles. The van der Waals surface area contributed by atoms with Crippen LogP contribution in [0.1, 0.15) is 17.5 Å². The molecule has 0 radical (unpaired) electrons. The Morgan fingerprint density at radius 1 is 1.47 bits per heavy atom. The zero-order chi connectivity index (χ0) is 13.8. The number of nitrogens with two attached hydrogens (primary N) is 1. The van der Waals surface area contributed by atoms with Gasteiger partial charge in [-0.15, -0.1) is 11.8 Å². The van der Waals surface area contributed by atoms with E-state index in [0.29, 0.717) is 18.2 Å². The van der Waals surface area contributed by atoms with Crippen LogP contribution in [0.4, 0.5) is 0 Å². The maximum atomic E-state index is 12.1. The molecule has 1 aliphatic rings. The van der Waals surface area contributed by atoms with Crippen molar-refractivity contribution in [2.75, 3.05) is 25.4 Å². The standard InChI is InChI=1S/C15H22N2OS/c1-11-3-4-12(2)14(7-11)19-10-15(18)17-6-5-13(8-16)9-17/h3-4,7,13H,5-6,8-10,16H2,1-2H3. The molecule has 3 nitrogen and oxygen atoms in total. The van der Waals surface area contributed by atoms with Crippen LogP contribution >= 0.6 is 11.8 Å². The van der Waals surface area contributed by atoms with Crippen molar-refractivity contribution in [1.82, 2.24) is 4.90 Å². The number of hydrogen-bond acceptors (Lipinski definition) is 3. The van der Waals surface area contributed by atoms with E-state index in [1.807, 2.05) is 4.90 Å². The van der Waals surface area contributed by atoms with Crippen LogP contribution in [-0.4, -0.2) is 36.2 Å². The SMILES string of the molecule is Cc1ccc(C)c(SCC(=O)N2CCC(CN)C2)c1. The molecule has 0 aliphatic carbocycles. The molecular formula is C15H22N2OS.